The van der Waals surface area contributed by atoms with Gasteiger partial charge in [0.15, 0.2) is 0 Å². The van der Waals surface area contributed by atoms with Crippen molar-refractivity contribution in [3.8, 4) is 0 Å². The van der Waals surface area contributed by atoms with Gasteiger partial charge in [0.1, 0.15) is 5.78 Å². The fourth-order valence-electron chi connectivity index (χ4n) is 2.50. The third-order valence-electron chi connectivity index (χ3n) is 3.91. The van der Waals surface area contributed by atoms with E-state index in [1.165, 1.54) is 30.6 Å². The predicted octanol–water partition coefficient (Wildman–Crippen LogP) is 5.50. The van der Waals surface area contributed by atoms with Crippen molar-refractivity contribution < 1.29 is 9.53 Å². The second-order valence-corrected chi connectivity index (χ2v) is 7.00. The lowest BCUT2D eigenvalue weighted by Gasteiger charge is -2.25. The number of ether oxygens (including phenoxy) is 1. The summed E-state index contributed by atoms with van der Waals surface area (Å²) in [6.07, 6.45) is 7.25. The smallest absolute Gasteiger partial charge is 0.135 e. The molecule has 0 bridgehead atoms. The Morgan fingerprint density at radius 3 is 2.45 bits per heavy atom. The van der Waals surface area contributed by atoms with Gasteiger partial charge in [-0.3, -0.25) is 4.79 Å². The van der Waals surface area contributed by atoms with E-state index < -0.39 is 0 Å². The molecule has 124 valence electrons. The number of carbonyl (C=O) groups excluding carboxylic acids is 1. The minimum atomic E-state index is 0.0132. The van der Waals surface area contributed by atoms with Crippen molar-refractivity contribution in [2.45, 2.75) is 75.0 Å². The van der Waals surface area contributed by atoms with Gasteiger partial charge in [0.05, 0.1) is 6.10 Å². The Kier molecular flexibility index (Phi) is 10.3. The van der Waals surface area contributed by atoms with Gasteiger partial charge >= 0.3 is 0 Å². The van der Waals surface area contributed by atoms with E-state index in [-0.39, 0.29) is 6.10 Å². The monoisotopic (exact) mass is 322 g/mol. The first-order valence-electron chi connectivity index (χ1n) is 8.47. The molecule has 22 heavy (non-hydrogen) atoms. The summed E-state index contributed by atoms with van der Waals surface area (Å²) in [5.41, 5.74) is 0. The van der Waals surface area contributed by atoms with Crippen LogP contribution in [-0.4, -0.2) is 24.2 Å². The Labute approximate surface area is 140 Å². The van der Waals surface area contributed by atoms with E-state index in [1.807, 2.05) is 24.8 Å². The number of hydrogen-bond donors (Lipinski definition) is 0. The third kappa shape index (κ3) is 7.46. The average Bonchev–Trinajstić information content (AvgIpc) is 2.56. The quantitative estimate of drug-likeness (QED) is 0.375. The molecule has 0 fully saturated rings. The van der Waals surface area contributed by atoms with Crippen LogP contribution >= 0.6 is 11.8 Å². The van der Waals surface area contributed by atoms with Crippen molar-refractivity contribution in [2.75, 3.05) is 7.11 Å². The highest BCUT2D eigenvalue weighted by Crippen LogP contribution is 2.31. The van der Waals surface area contributed by atoms with Gasteiger partial charge in [-0.05, 0) is 18.6 Å². The van der Waals surface area contributed by atoms with E-state index in [4.69, 9.17) is 4.74 Å². The van der Waals surface area contributed by atoms with Crippen molar-refractivity contribution in [2.24, 2.45) is 0 Å². The summed E-state index contributed by atoms with van der Waals surface area (Å²) in [4.78, 5) is 13.1. The Balaban J connectivity index is 2.67. The zero-order chi connectivity index (χ0) is 16.2. The molecule has 0 spiro atoms. The highest BCUT2D eigenvalue weighted by atomic mass is 32.2. The molecule has 2 unspecified atom stereocenters. The highest BCUT2D eigenvalue weighted by Gasteiger charge is 2.24. The van der Waals surface area contributed by atoms with E-state index in [2.05, 4.69) is 31.2 Å². The van der Waals surface area contributed by atoms with Gasteiger partial charge in [0, 0.05) is 30.1 Å². The molecule has 0 saturated carbocycles. The zero-order valence-corrected chi connectivity index (χ0v) is 15.0. The number of benzene rings is 1. The zero-order valence-electron chi connectivity index (χ0n) is 14.2. The van der Waals surface area contributed by atoms with Gasteiger partial charge in [0.2, 0.25) is 0 Å². The van der Waals surface area contributed by atoms with Crippen molar-refractivity contribution in [1.29, 1.82) is 0 Å². The lowest BCUT2D eigenvalue weighted by atomic mass is 10.0. The minimum Gasteiger partial charge on any atom is -0.380 e. The molecular weight excluding hydrogens is 292 g/mol. The first-order valence-corrected chi connectivity index (χ1v) is 9.35. The maximum atomic E-state index is 11.8. The molecule has 0 aliphatic heterocycles. The second-order valence-electron chi connectivity index (χ2n) is 5.69. The summed E-state index contributed by atoms with van der Waals surface area (Å²) >= 11 is 1.85. The van der Waals surface area contributed by atoms with Gasteiger partial charge in [-0.25, -0.2) is 0 Å². The molecule has 0 radical (unpaired) electrons. The maximum absolute atomic E-state index is 11.8. The standard InChI is InChI=1S/C19H30O2S/c1-4-6-7-11-14-19(18(21-3)15-16(20)5-2)22-17-12-9-8-10-13-17/h8-10,12-13,18-19H,4-7,11,14-15H2,1-3H3. The van der Waals surface area contributed by atoms with E-state index in [0.717, 1.165) is 6.42 Å². The molecule has 0 amide bonds. The van der Waals surface area contributed by atoms with Gasteiger partial charge in [0.25, 0.3) is 0 Å². The number of rotatable bonds is 12. The Morgan fingerprint density at radius 2 is 1.86 bits per heavy atom. The van der Waals surface area contributed by atoms with E-state index >= 15 is 0 Å². The van der Waals surface area contributed by atoms with Crippen molar-refractivity contribution >= 4 is 17.5 Å². The highest BCUT2D eigenvalue weighted by molar-refractivity contribution is 8.00. The molecule has 0 saturated heterocycles. The van der Waals surface area contributed by atoms with Crippen LogP contribution < -0.4 is 0 Å². The van der Waals surface area contributed by atoms with Crippen LogP contribution in [0, 0.1) is 0 Å². The molecule has 1 rings (SSSR count). The van der Waals surface area contributed by atoms with Crippen molar-refractivity contribution in [3.63, 3.8) is 0 Å². The number of hydrogen-bond acceptors (Lipinski definition) is 3. The first-order chi connectivity index (χ1) is 10.7. The molecule has 0 aliphatic carbocycles. The third-order valence-corrected chi connectivity index (χ3v) is 5.30. The van der Waals surface area contributed by atoms with Crippen LogP contribution in [0.1, 0.15) is 58.8 Å². The fraction of sp³-hybridized carbons (Fsp3) is 0.632. The van der Waals surface area contributed by atoms with Gasteiger partial charge in [-0.15, -0.1) is 11.8 Å². The Morgan fingerprint density at radius 1 is 1.14 bits per heavy atom. The van der Waals surface area contributed by atoms with Crippen LogP contribution in [0.25, 0.3) is 0 Å². The molecule has 3 heteroatoms. The number of Topliss-reactive ketones (excluding diaryl/α,β-unsaturated/α-hetero) is 1. The molecule has 0 heterocycles. The maximum Gasteiger partial charge on any atom is 0.135 e. The molecule has 0 aliphatic rings. The van der Waals surface area contributed by atoms with Crippen LogP contribution in [0.2, 0.25) is 0 Å². The van der Waals surface area contributed by atoms with E-state index in [1.54, 1.807) is 7.11 Å². The SMILES string of the molecule is CCCCCCC(Sc1ccccc1)C(CC(=O)CC)OC. The number of unbranched alkanes of at least 4 members (excludes halogenated alkanes) is 3. The van der Waals surface area contributed by atoms with Crippen LogP contribution in [0.3, 0.4) is 0 Å². The molecule has 0 N–H and O–H groups in total. The average molecular weight is 323 g/mol. The molecule has 1 aromatic rings. The Bertz CT molecular complexity index is 405. The van der Waals surface area contributed by atoms with Crippen LogP contribution in [0.5, 0.6) is 0 Å². The minimum absolute atomic E-state index is 0.0132. The van der Waals surface area contributed by atoms with Crippen molar-refractivity contribution in [1.82, 2.24) is 0 Å². The van der Waals surface area contributed by atoms with Crippen LogP contribution in [-0.2, 0) is 9.53 Å². The van der Waals surface area contributed by atoms with Crippen LogP contribution in [0.15, 0.2) is 35.2 Å². The summed E-state index contributed by atoms with van der Waals surface area (Å²) in [5.74, 6) is 0.291. The van der Waals surface area contributed by atoms with Crippen molar-refractivity contribution in [3.05, 3.63) is 30.3 Å². The van der Waals surface area contributed by atoms with Crippen LogP contribution in [0.4, 0.5) is 0 Å². The normalized spacial score (nSPS) is 13.8. The number of methoxy groups -OCH3 is 1. The molecule has 2 nitrogen and oxygen atoms in total. The fourth-order valence-corrected chi connectivity index (χ4v) is 3.81. The second kappa shape index (κ2) is 11.7. The molecular formula is C19H30O2S. The van der Waals surface area contributed by atoms with Gasteiger partial charge < -0.3 is 4.74 Å². The summed E-state index contributed by atoms with van der Waals surface area (Å²) in [6.45, 7) is 4.16. The largest absolute Gasteiger partial charge is 0.380 e. The summed E-state index contributed by atoms with van der Waals surface area (Å²) < 4.78 is 5.67. The number of carbonyl (C=O) groups is 1. The predicted molar refractivity (Wildman–Crippen MR) is 95.6 cm³/mol. The van der Waals surface area contributed by atoms with E-state index in [9.17, 15) is 4.79 Å². The Hall–Kier alpha value is -0.800. The van der Waals surface area contributed by atoms with Gasteiger partial charge in [-0.1, -0.05) is 57.7 Å². The molecule has 0 aromatic heterocycles. The summed E-state index contributed by atoms with van der Waals surface area (Å²) in [5, 5.41) is 0.347. The van der Waals surface area contributed by atoms with Gasteiger partial charge in [-0.2, -0.15) is 0 Å². The topological polar surface area (TPSA) is 26.3 Å². The number of thioether (sulfide) groups is 1. The van der Waals surface area contributed by atoms with E-state index in [0.29, 0.717) is 23.9 Å². The lowest BCUT2D eigenvalue weighted by Crippen LogP contribution is -2.28. The summed E-state index contributed by atoms with van der Waals surface area (Å²) in [7, 11) is 1.73. The molecule has 2 atom stereocenters. The first kappa shape index (κ1) is 19.2. The molecule has 1 aromatic carbocycles. The number of ketones is 1. The lowest BCUT2D eigenvalue weighted by molar-refractivity contribution is -0.121. The summed E-state index contributed by atoms with van der Waals surface area (Å²) in [6, 6.07) is 10.4.